The van der Waals surface area contributed by atoms with Crippen LogP contribution in [0, 0.1) is 46.3 Å². The molecule has 0 radical (unpaired) electrons. The maximum Gasteiger partial charge on any atom is 0.305 e. The van der Waals surface area contributed by atoms with Gasteiger partial charge in [0.1, 0.15) is 24.0 Å². The zero-order chi connectivity index (χ0) is 26.4. The first-order valence-corrected chi connectivity index (χ1v) is 14.7. The van der Waals surface area contributed by atoms with Crippen molar-refractivity contribution in [2.45, 2.75) is 78.6 Å². The summed E-state index contributed by atoms with van der Waals surface area (Å²) in [5.74, 6) is 1.34. The van der Waals surface area contributed by atoms with Crippen molar-refractivity contribution in [2.75, 3.05) is 39.5 Å². The lowest BCUT2D eigenvalue weighted by Gasteiger charge is -2.58. The molecule has 1 saturated heterocycles. The minimum atomic E-state index is -0.496. The molecule has 206 valence electrons. The van der Waals surface area contributed by atoms with Crippen molar-refractivity contribution < 1.29 is 28.7 Å². The van der Waals surface area contributed by atoms with Crippen molar-refractivity contribution >= 4 is 23.3 Å². The van der Waals surface area contributed by atoms with Crippen molar-refractivity contribution in [3.05, 3.63) is 0 Å². The van der Waals surface area contributed by atoms with E-state index in [1.165, 1.54) is 0 Å². The van der Waals surface area contributed by atoms with E-state index in [2.05, 4.69) is 25.7 Å². The first-order chi connectivity index (χ1) is 17.6. The molecule has 0 bridgehead atoms. The van der Waals surface area contributed by atoms with Crippen molar-refractivity contribution in [1.82, 2.24) is 4.90 Å². The van der Waals surface area contributed by atoms with E-state index in [1.54, 1.807) is 0 Å². The van der Waals surface area contributed by atoms with Gasteiger partial charge in [-0.2, -0.15) is 0 Å². The third-order valence-electron chi connectivity index (χ3n) is 11.5. The molecule has 0 aromatic carbocycles. The van der Waals surface area contributed by atoms with Crippen molar-refractivity contribution in [1.29, 1.82) is 0 Å². The molecule has 37 heavy (non-hydrogen) atoms. The summed E-state index contributed by atoms with van der Waals surface area (Å²) in [4.78, 5) is 54.3. The summed E-state index contributed by atoms with van der Waals surface area (Å²) in [5.41, 5.74) is -0.581. The van der Waals surface area contributed by atoms with E-state index < -0.39 is 5.41 Å². The first kappa shape index (κ1) is 27.0. The highest BCUT2D eigenvalue weighted by molar-refractivity contribution is 5.93. The minimum Gasteiger partial charge on any atom is -0.464 e. The van der Waals surface area contributed by atoms with Gasteiger partial charge in [-0.05, 0) is 60.7 Å². The molecule has 0 spiro atoms. The number of ether oxygens (including phenoxy) is 2. The van der Waals surface area contributed by atoms with Gasteiger partial charge >= 0.3 is 5.97 Å². The number of Topliss-reactive ketones (excluding diaryl/α,β-unsaturated/α-hetero) is 3. The Morgan fingerprint density at radius 3 is 2.59 bits per heavy atom. The maximum atomic E-state index is 13.9. The molecule has 1 heterocycles. The Bertz CT molecular complexity index is 927. The highest BCUT2D eigenvalue weighted by Crippen LogP contribution is 2.66. The van der Waals surface area contributed by atoms with E-state index in [1.807, 2.05) is 0 Å². The largest absolute Gasteiger partial charge is 0.464 e. The van der Waals surface area contributed by atoms with Gasteiger partial charge in [-0.1, -0.05) is 20.8 Å². The Hall–Kier alpha value is -1.60. The second kappa shape index (κ2) is 10.5. The number of nitrogens with zero attached hydrogens (tertiary/aromatic N) is 1. The van der Waals surface area contributed by atoms with Crippen LogP contribution in [0.25, 0.3) is 0 Å². The van der Waals surface area contributed by atoms with Gasteiger partial charge in [0, 0.05) is 63.1 Å². The van der Waals surface area contributed by atoms with E-state index >= 15 is 0 Å². The van der Waals surface area contributed by atoms with Crippen LogP contribution in [0.4, 0.5) is 0 Å². The van der Waals surface area contributed by atoms with Gasteiger partial charge in [0.15, 0.2) is 0 Å². The monoisotopic (exact) mass is 515 g/mol. The molecule has 5 fully saturated rings. The topological polar surface area (TPSA) is 90.0 Å². The van der Waals surface area contributed by atoms with Crippen molar-refractivity contribution in [3.8, 4) is 0 Å². The first-order valence-electron chi connectivity index (χ1n) is 14.7. The molecular formula is C30H45NO6. The van der Waals surface area contributed by atoms with E-state index in [-0.39, 0.29) is 52.7 Å². The number of morpholine rings is 1. The van der Waals surface area contributed by atoms with Crippen LogP contribution in [0.15, 0.2) is 0 Å². The van der Waals surface area contributed by atoms with E-state index in [4.69, 9.17) is 9.47 Å². The number of carbonyl (C=O) groups excluding carboxylic acids is 4. The Kier molecular flexibility index (Phi) is 7.67. The third-order valence-corrected chi connectivity index (χ3v) is 11.5. The number of fused-ring (bicyclic) bond motifs is 5. The molecule has 7 nitrogen and oxygen atoms in total. The lowest BCUT2D eigenvalue weighted by atomic mass is 9.44. The highest BCUT2D eigenvalue weighted by Gasteiger charge is 2.66. The summed E-state index contributed by atoms with van der Waals surface area (Å²) < 4.78 is 10.9. The van der Waals surface area contributed by atoms with Gasteiger partial charge in [-0.3, -0.25) is 24.1 Å². The lowest BCUT2D eigenvalue weighted by Crippen LogP contribution is -2.60. The molecule has 0 N–H and O–H groups in total. The van der Waals surface area contributed by atoms with Gasteiger partial charge in [0.25, 0.3) is 0 Å². The maximum absolute atomic E-state index is 13.9. The van der Waals surface area contributed by atoms with Crippen LogP contribution in [0.2, 0.25) is 0 Å². The van der Waals surface area contributed by atoms with Crippen LogP contribution in [-0.2, 0) is 28.7 Å². The molecule has 0 aromatic rings. The Balaban J connectivity index is 1.20. The Morgan fingerprint density at radius 1 is 1.08 bits per heavy atom. The number of rotatable bonds is 7. The average molecular weight is 516 g/mol. The molecular weight excluding hydrogens is 470 g/mol. The van der Waals surface area contributed by atoms with E-state index in [0.717, 1.165) is 52.1 Å². The number of carbonyl (C=O) groups is 4. The standard InChI is InChI=1S/C30H45NO6/c1-19(4-7-27(35)37-15-12-31-10-13-36-14-11-31)22-5-6-23-28-24(18-26(34)30(22,23)3)29(2)9-8-21(32)16-20(29)17-25(28)33/h19-20,22-24,28H,4-18H2,1-3H3/t19-,20+,22-,23+,24+,28+,29+,30-/m1/s1. The van der Waals surface area contributed by atoms with Crippen molar-refractivity contribution in [2.24, 2.45) is 46.3 Å². The number of hydrogen-bond donors (Lipinski definition) is 0. The zero-order valence-electron chi connectivity index (χ0n) is 23.0. The predicted molar refractivity (Wildman–Crippen MR) is 138 cm³/mol. The van der Waals surface area contributed by atoms with Gasteiger partial charge in [-0.25, -0.2) is 0 Å². The van der Waals surface area contributed by atoms with E-state index in [9.17, 15) is 19.2 Å². The molecule has 7 heteroatoms. The van der Waals surface area contributed by atoms with E-state index in [0.29, 0.717) is 56.7 Å². The van der Waals surface area contributed by atoms with Crippen LogP contribution >= 0.6 is 0 Å². The van der Waals surface area contributed by atoms with Gasteiger partial charge in [0.05, 0.1) is 13.2 Å². The molecule has 5 aliphatic rings. The SMILES string of the molecule is C[C@H](CCC(=O)OCCN1CCOCC1)[C@H]1CC[C@H]2[C@@H]3C(=O)C[C@@H]4CC(=O)CC[C@]4(C)[C@H]3CC(=O)[C@]12C. The Morgan fingerprint density at radius 2 is 1.84 bits per heavy atom. The van der Waals surface area contributed by atoms with Crippen LogP contribution in [0.3, 0.4) is 0 Å². The molecule has 8 atom stereocenters. The second-order valence-corrected chi connectivity index (χ2v) is 13.1. The van der Waals surface area contributed by atoms with Crippen LogP contribution < -0.4 is 0 Å². The summed E-state index contributed by atoms with van der Waals surface area (Å²) in [7, 11) is 0. The second-order valence-electron chi connectivity index (χ2n) is 13.1. The van der Waals surface area contributed by atoms with Crippen LogP contribution in [0.1, 0.15) is 78.6 Å². The molecule has 5 rings (SSSR count). The predicted octanol–water partition coefficient (Wildman–Crippen LogP) is 3.86. The van der Waals surface area contributed by atoms with Gasteiger partial charge < -0.3 is 9.47 Å². The van der Waals surface area contributed by atoms with Gasteiger partial charge in [0.2, 0.25) is 0 Å². The fourth-order valence-corrected chi connectivity index (χ4v) is 9.12. The van der Waals surface area contributed by atoms with Crippen molar-refractivity contribution in [3.63, 3.8) is 0 Å². The summed E-state index contributed by atoms with van der Waals surface area (Å²) >= 11 is 0. The quantitative estimate of drug-likeness (QED) is 0.476. The number of ketones is 3. The average Bonchev–Trinajstić information content (AvgIpc) is 3.23. The number of hydrogen-bond acceptors (Lipinski definition) is 7. The van der Waals surface area contributed by atoms with Crippen LogP contribution in [-0.4, -0.2) is 67.7 Å². The molecule has 0 aromatic heterocycles. The molecule has 0 unspecified atom stereocenters. The molecule has 4 saturated carbocycles. The van der Waals surface area contributed by atoms with Crippen LogP contribution in [0.5, 0.6) is 0 Å². The zero-order valence-corrected chi connectivity index (χ0v) is 23.0. The molecule has 1 aliphatic heterocycles. The lowest BCUT2D eigenvalue weighted by molar-refractivity contribution is -0.166. The smallest absolute Gasteiger partial charge is 0.305 e. The summed E-state index contributed by atoms with van der Waals surface area (Å²) in [6.07, 6.45) is 5.80. The normalized spacial score (nSPS) is 41.1. The molecule has 4 aliphatic carbocycles. The number of esters is 1. The fourth-order valence-electron chi connectivity index (χ4n) is 9.12. The Labute approximate surface area is 221 Å². The van der Waals surface area contributed by atoms with Gasteiger partial charge in [-0.15, -0.1) is 0 Å². The summed E-state index contributed by atoms with van der Waals surface area (Å²) in [5, 5.41) is 0. The summed E-state index contributed by atoms with van der Waals surface area (Å²) in [6, 6.07) is 0. The third kappa shape index (κ3) is 4.84. The minimum absolute atomic E-state index is 0.0560. The highest BCUT2D eigenvalue weighted by atomic mass is 16.5. The molecule has 0 amide bonds. The summed E-state index contributed by atoms with van der Waals surface area (Å²) in [6.45, 7) is 10.9. The fraction of sp³-hybridized carbons (Fsp3) is 0.867.